The minimum atomic E-state index is -0.329. The van der Waals surface area contributed by atoms with E-state index < -0.39 is 0 Å². The van der Waals surface area contributed by atoms with E-state index in [4.69, 9.17) is 10.5 Å². The number of halogens is 2. The van der Waals surface area contributed by atoms with Crippen LogP contribution in [0, 0.1) is 5.82 Å². The molecular weight excluding hydrogens is 275 g/mol. The van der Waals surface area contributed by atoms with Gasteiger partial charge in [-0.1, -0.05) is 0 Å². The van der Waals surface area contributed by atoms with E-state index in [1.807, 2.05) is 0 Å². The summed E-state index contributed by atoms with van der Waals surface area (Å²) < 4.78 is 18.8. The quantitative estimate of drug-likeness (QED) is 0.919. The Balaban J connectivity index is 2.23. The van der Waals surface area contributed by atoms with Crippen molar-refractivity contribution in [1.82, 2.24) is 4.98 Å². The van der Waals surface area contributed by atoms with Crippen LogP contribution in [0.5, 0.6) is 11.6 Å². The summed E-state index contributed by atoms with van der Waals surface area (Å²) in [5.74, 6) is 0.574. The average Bonchev–Trinajstić information content (AvgIpc) is 2.25. The number of nitrogens with zero attached hydrogens (tertiary/aromatic N) is 1. The van der Waals surface area contributed by atoms with Crippen molar-refractivity contribution in [2.45, 2.75) is 0 Å². The number of anilines is 1. The van der Waals surface area contributed by atoms with Crippen molar-refractivity contribution in [1.29, 1.82) is 0 Å². The molecule has 1 heterocycles. The van der Waals surface area contributed by atoms with Gasteiger partial charge in [0.2, 0.25) is 5.88 Å². The van der Waals surface area contributed by atoms with Crippen molar-refractivity contribution in [3.63, 3.8) is 0 Å². The number of ether oxygens (including phenoxy) is 1. The molecule has 16 heavy (non-hydrogen) atoms. The Kier molecular flexibility index (Phi) is 3.05. The number of hydrogen-bond donors (Lipinski definition) is 1. The topological polar surface area (TPSA) is 48.1 Å². The highest BCUT2D eigenvalue weighted by molar-refractivity contribution is 9.10. The van der Waals surface area contributed by atoms with Crippen molar-refractivity contribution >= 4 is 21.6 Å². The van der Waals surface area contributed by atoms with E-state index in [1.165, 1.54) is 24.4 Å². The highest BCUT2D eigenvalue weighted by atomic mass is 79.9. The molecule has 1 aromatic heterocycles. The Morgan fingerprint density at radius 2 is 2.06 bits per heavy atom. The van der Waals surface area contributed by atoms with Crippen LogP contribution in [0.25, 0.3) is 0 Å². The summed E-state index contributed by atoms with van der Waals surface area (Å²) in [5.41, 5.74) is 6.05. The molecule has 2 aromatic rings. The molecule has 0 saturated heterocycles. The molecule has 2 rings (SSSR count). The lowest BCUT2D eigenvalue weighted by molar-refractivity contribution is 0.458. The summed E-state index contributed by atoms with van der Waals surface area (Å²) in [6, 6.07) is 7.49. The van der Waals surface area contributed by atoms with E-state index in [0.29, 0.717) is 21.8 Å². The van der Waals surface area contributed by atoms with E-state index in [-0.39, 0.29) is 5.82 Å². The SMILES string of the molecule is Nc1ccc(Oc2ccc(F)cc2Br)nc1. The number of nitrogens with two attached hydrogens (primary N) is 1. The fraction of sp³-hybridized carbons (Fsp3) is 0. The largest absolute Gasteiger partial charge is 0.438 e. The fourth-order valence-electron chi connectivity index (χ4n) is 1.12. The third-order valence-corrected chi connectivity index (χ3v) is 2.49. The number of nitrogen functional groups attached to an aromatic ring is 1. The van der Waals surface area contributed by atoms with E-state index in [2.05, 4.69) is 20.9 Å². The second kappa shape index (κ2) is 4.49. The van der Waals surface area contributed by atoms with Gasteiger partial charge < -0.3 is 10.5 Å². The monoisotopic (exact) mass is 282 g/mol. The van der Waals surface area contributed by atoms with Gasteiger partial charge in [0, 0.05) is 6.07 Å². The van der Waals surface area contributed by atoms with Gasteiger partial charge in [-0.05, 0) is 40.2 Å². The van der Waals surface area contributed by atoms with Crippen LogP contribution in [0.15, 0.2) is 41.0 Å². The first-order valence-electron chi connectivity index (χ1n) is 4.49. The van der Waals surface area contributed by atoms with Crippen molar-refractivity contribution in [2.24, 2.45) is 0 Å². The molecule has 0 radical (unpaired) electrons. The summed E-state index contributed by atoms with van der Waals surface area (Å²) in [6.45, 7) is 0. The zero-order valence-corrected chi connectivity index (χ0v) is 9.74. The van der Waals surface area contributed by atoms with Crippen molar-refractivity contribution in [2.75, 3.05) is 5.73 Å². The highest BCUT2D eigenvalue weighted by Gasteiger charge is 2.04. The molecule has 0 atom stereocenters. The second-order valence-corrected chi connectivity index (χ2v) is 3.96. The van der Waals surface area contributed by atoms with Gasteiger partial charge in [0.05, 0.1) is 16.4 Å². The predicted octanol–water partition coefficient (Wildman–Crippen LogP) is 3.36. The average molecular weight is 283 g/mol. The molecule has 5 heteroatoms. The summed E-state index contributed by atoms with van der Waals surface area (Å²) in [6.07, 6.45) is 1.49. The minimum absolute atomic E-state index is 0.329. The molecule has 0 fully saturated rings. The Bertz CT molecular complexity index is 502. The molecule has 0 unspecified atom stereocenters. The molecule has 1 aromatic carbocycles. The molecular formula is C11H8BrFN2O. The lowest BCUT2D eigenvalue weighted by Gasteiger charge is -2.06. The van der Waals surface area contributed by atoms with E-state index in [0.717, 1.165) is 0 Å². The minimum Gasteiger partial charge on any atom is -0.438 e. The molecule has 0 spiro atoms. The standard InChI is InChI=1S/C11H8BrFN2O/c12-9-5-7(13)1-3-10(9)16-11-4-2-8(14)6-15-11/h1-6H,14H2. The first-order valence-corrected chi connectivity index (χ1v) is 5.29. The lowest BCUT2D eigenvalue weighted by Crippen LogP contribution is -1.91. The Morgan fingerprint density at radius 1 is 1.25 bits per heavy atom. The Labute approximate surface area is 100 Å². The summed E-state index contributed by atoms with van der Waals surface area (Å²) >= 11 is 3.20. The lowest BCUT2D eigenvalue weighted by atomic mass is 10.3. The van der Waals surface area contributed by atoms with Crippen LogP contribution in [-0.2, 0) is 0 Å². The smallest absolute Gasteiger partial charge is 0.219 e. The van der Waals surface area contributed by atoms with Gasteiger partial charge in [-0.2, -0.15) is 0 Å². The van der Waals surface area contributed by atoms with Gasteiger partial charge in [-0.15, -0.1) is 0 Å². The van der Waals surface area contributed by atoms with E-state index >= 15 is 0 Å². The zero-order chi connectivity index (χ0) is 11.5. The van der Waals surface area contributed by atoms with Gasteiger partial charge in [0.1, 0.15) is 11.6 Å². The molecule has 0 aliphatic carbocycles. The highest BCUT2D eigenvalue weighted by Crippen LogP contribution is 2.29. The van der Waals surface area contributed by atoms with E-state index in [1.54, 1.807) is 12.1 Å². The fourth-order valence-corrected chi connectivity index (χ4v) is 1.55. The van der Waals surface area contributed by atoms with Crippen molar-refractivity contribution in [3.8, 4) is 11.6 Å². The number of benzene rings is 1. The molecule has 0 bridgehead atoms. The first-order chi connectivity index (χ1) is 7.65. The van der Waals surface area contributed by atoms with Crippen LogP contribution in [0.1, 0.15) is 0 Å². The number of hydrogen-bond acceptors (Lipinski definition) is 3. The first kappa shape index (κ1) is 10.9. The summed E-state index contributed by atoms with van der Waals surface area (Å²) in [7, 11) is 0. The maximum absolute atomic E-state index is 12.8. The van der Waals surface area contributed by atoms with Gasteiger partial charge in [-0.3, -0.25) is 0 Å². The maximum atomic E-state index is 12.8. The normalized spacial score (nSPS) is 10.1. The molecule has 0 aliphatic rings. The summed E-state index contributed by atoms with van der Waals surface area (Å²) in [4.78, 5) is 3.98. The third-order valence-electron chi connectivity index (χ3n) is 1.87. The number of pyridine rings is 1. The van der Waals surface area contributed by atoms with Gasteiger partial charge in [-0.25, -0.2) is 9.37 Å². The predicted molar refractivity (Wildman–Crippen MR) is 62.8 cm³/mol. The van der Waals surface area contributed by atoms with Crippen LogP contribution in [0.4, 0.5) is 10.1 Å². The van der Waals surface area contributed by atoms with Gasteiger partial charge >= 0.3 is 0 Å². The van der Waals surface area contributed by atoms with Crippen LogP contribution in [-0.4, -0.2) is 4.98 Å². The molecule has 0 amide bonds. The van der Waals surface area contributed by atoms with Crippen LogP contribution < -0.4 is 10.5 Å². The maximum Gasteiger partial charge on any atom is 0.219 e. The van der Waals surface area contributed by atoms with Crippen LogP contribution in [0.2, 0.25) is 0 Å². The molecule has 0 saturated carbocycles. The Morgan fingerprint density at radius 3 is 2.69 bits per heavy atom. The van der Waals surface area contributed by atoms with Gasteiger partial charge in [0.25, 0.3) is 0 Å². The summed E-state index contributed by atoms with van der Waals surface area (Å²) in [5, 5.41) is 0. The molecule has 3 nitrogen and oxygen atoms in total. The molecule has 82 valence electrons. The molecule has 2 N–H and O–H groups in total. The second-order valence-electron chi connectivity index (χ2n) is 3.11. The third kappa shape index (κ3) is 2.49. The number of aromatic nitrogens is 1. The van der Waals surface area contributed by atoms with Crippen molar-refractivity contribution in [3.05, 3.63) is 46.8 Å². The van der Waals surface area contributed by atoms with Crippen LogP contribution in [0.3, 0.4) is 0 Å². The number of rotatable bonds is 2. The van der Waals surface area contributed by atoms with Crippen LogP contribution >= 0.6 is 15.9 Å². The molecule has 0 aliphatic heterocycles. The van der Waals surface area contributed by atoms with Crippen molar-refractivity contribution < 1.29 is 9.13 Å². The zero-order valence-electron chi connectivity index (χ0n) is 8.15. The Hall–Kier alpha value is -1.62. The van der Waals surface area contributed by atoms with E-state index in [9.17, 15) is 4.39 Å². The van der Waals surface area contributed by atoms with Gasteiger partial charge in [0.15, 0.2) is 0 Å².